The predicted octanol–water partition coefficient (Wildman–Crippen LogP) is 1.72. The summed E-state index contributed by atoms with van der Waals surface area (Å²) in [6, 6.07) is 2.72. The third-order valence-electron chi connectivity index (χ3n) is 5.89. The number of hydrogen-bond acceptors (Lipinski definition) is 4. The van der Waals surface area contributed by atoms with Crippen molar-refractivity contribution in [1.82, 2.24) is 19.8 Å². The minimum atomic E-state index is -4.34. The number of piperidine rings is 2. The molecule has 0 radical (unpaired) electrons. The van der Waals surface area contributed by atoms with Crippen LogP contribution in [-0.4, -0.2) is 39.7 Å². The number of para-hydroxylation sites is 1. The summed E-state index contributed by atoms with van der Waals surface area (Å²) in [6.07, 6.45) is -3.60. The smallest absolute Gasteiger partial charge is 0.306 e. The number of nitrogens with zero attached hydrogens (tertiary/aromatic N) is 2. The largest absolute Gasteiger partial charge is 0.403 e. The van der Waals surface area contributed by atoms with Gasteiger partial charge in [-0.15, -0.1) is 0 Å². The summed E-state index contributed by atoms with van der Waals surface area (Å²) < 4.78 is 42.4. The van der Waals surface area contributed by atoms with Gasteiger partial charge >= 0.3 is 11.9 Å². The zero-order chi connectivity index (χ0) is 20.9. The highest BCUT2D eigenvalue weighted by molar-refractivity contribution is 6.00. The Morgan fingerprint density at radius 3 is 2.59 bits per heavy atom. The fraction of sp³-hybridized carbons (Fsp3) is 0.526. The van der Waals surface area contributed by atoms with Crippen molar-refractivity contribution in [3.8, 4) is 0 Å². The molecule has 0 spiro atoms. The van der Waals surface area contributed by atoms with Gasteiger partial charge < -0.3 is 5.32 Å². The number of amides is 2. The molecule has 156 valence electrons. The van der Waals surface area contributed by atoms with Gasteiger partial charge in [-0.05, 0) is 43.4 Å². The summed E-state index contributed by atoms with van der Waals surface area (Å²) in [5.41, 5.74) is 1.27. The van der Waals surface area contributed by atoms with E-state index < -0.39 is 29.9 Å². The zero-order valence-corrected chi connectivity index (χ0v) is 15.8. The molecule has 4 rings (SSSR count). The molecule has 2 aliphatic heterocycles. The second kappa shape index (κ2) is 7.01. The van der Waals surface area contributed by atoms with Crippen LogP contribution >= 0.6 is 0 Å². The van der Waals surface area contributed by atoms with Gasteiger partial charge in [0.25, 0.3) is 0 Å². The third-order valence-corrected chi connectivity index (χ3v) is 5.89. The van der Waals surface area contributed by atoms with Crippen LogP contribution in [0.2, 0.25) is 0 Å². The van der Waals surface area contributed by atoms with Crippen LogP contribution < -0.4 is 16.3 Å². The van der Waals surface area contributed by atoms with Crippen LogP contribution in [0, 0.1) is 0 Å². The van der Waals surface area contributed by atoms with Gasteiger partial charge in [0.1, 0.15) is 12.1 Å². The monoisotopic (exact) mass is 410 g/mol. The van der Waals surface area contributed by atoms with E-state index in [1.54, 1.807) is 25.2 Å². The van der Waals surface area contributed by atoms with Crippen LogP contribution in [0.3, 0.4) is 0 Å². The van der Waals surface area contributed by atoms with Crippen LogP contribution in [0.5, 0.6) is 0 Å². The van der Waals surface area contributed by atoms with Crippen molar-refractivity contribution in [2.75, 3.05) is 6.54 Å². The van der Waals surface area contributed by atoms with Crippen molar-refractivity contribution in [2.45, 2.75) is 49.9 Å². The number of nitrogens with one attached hydrogen (secondary N) is 2. The van der Waals surface area contributed by atoms with Gasteiger partial charge in [0.15, 0.2) is 0 Å². The van der Waals surface area contributed by atoms with Gasteiger partial charge in [-0.25, -0.2) is 4.79 Å². The Balaban J connectivity index is 1.79. The highest BCUT2D eigenvalue weighted by atomic mass is 19.4. The first-order chi connectivity index (χ1) is 13.7. The third kappa shape index (κ3) is 3.35. The van der Waals surface area contributed by atoms with Crippen LogP contribution in [-0.2, 0) is 16.6 Å². The van der Waals surface area contributed by atoms with E-state index in [1.807, 2.05) is 0 Å². The SMILES string of the molecule is Cn1c(=O)n(C2CCC(=O)NC2=O)c2cccc(C3CCNC(C(F)(F)F)C3)c21. The second-order valence-corrected chi connectivity index (χ2v) is 7.66. The molecule has 10 heteroatoms. The number of alkyl halides is 3. The van der Waals surface area contributed by atoms with E-state index in [4.69, 9.17) is 0 Å². The topological polar surface area (TPSA) is 85.1 Å². The second-order valence-electron chi connectivity index (χ2n) is 7.66. The highest BCUT2D eigenvalue weighted by Crippen LogP contribution is 2.37. The average Bonchev–Trinajstić information content (AvgIpc) is 2.92. The van der Waals surface area contributed by atoms with Crippen LogP contribution in [0.25, 0.3) is 11.0 Å². The lowest BCUT2D eigenvalue weighted by Crippen LogP contribution is -2.47. The van der Waals surface area contributed by atoms with E-state index in [9.17, 15) is 27.6 Å². The molecule has 3 heterocycles. The number of fused-ring (bicyclic) bond motifs is 1. The van der Waals surface area contributed by atoms with Gasteiger partial charge in [-0.2, -0.15) is 13.2 Å². The van der Waals surface area contributed by atoms with E-state index in [1.165, 1.54) is 9.13 Å². The number of aryl methyl sites for hydroxylation is 1. The Kier molecular flexibility index (Phi) is 4.76. The lowest BCUT2D eigenvalue weighted by Gasteiger charge is -2.32. The summed E-state index contributed by atoms with van der Waals surface area (Å²) in [7, 11) is 1.55. The standard InChI is InChI=1S/C19H21F3N4O3/c1-25-16-11(10-7-8-23-14(9-10)19(20,21)22)3-2-4-12(16)26(18(25)29)13-5-6-15(27)24-17(13)28/h2-4,10,13-14,23H,5-9H2,1H3,(H,24,27,28). The highest BCUT2D eigenvalue weighted by Gasteiger charge is 2.43. The Morgan fingerprint density at radius 2 is 1.90 bits per heavy atom. The number of benzene rings is 1. The van der Waals surface area contributed by atoms with Crippen molar-refractivity contribution in [3.63, 3.8) is 0 Å². The van der Waals surface area contributed by atoms with Crippen LogP contribution in [0.4, 0.5) is 13.2 Å². The molecule has 1 aromatic carbocycles. The molecule has 0 saturated carbocycles. The molecule has 3 unspecified atom stereocenters. The van der Waals surface area contributed by atoms with Crippen LogP contribution in [0.1, 0.15) is 43.2 Å². The molecule has 2 N–H and O–H groups in total. The number of imide groups is 1. The maximum Gasteiger partial charge on any atom is 0.403 e. The Morgan fingerprint density at radius 1 is 1.14 bits per heavy atom. The summed E-state index contributed by atoms with van der Waals surface area (Å²) in [5.74, 6) is -1.29. The molecule has 2 aliphatic rings. The number of carbonyl (C=O) groups is 2. The lowest BCUT2D eigenvalue weighted by atomic mass is 9.85. The first-order valence-corrected chi connectivity index (χ1v) is 9.52. The maximum atomic E-state index is 13.2. The Bertz CT molecular complexity index is 1040. The average molecular weight is 410 g/mol. The number of hydrogen-bond donors (Lipinski definition) is 2. The minimum Gasteiger partial charge on any atom is -0.306 e. The van der Waals surface area contributed by atoms with E-state index in [0.29, 0.717) is 23.0 Å². The van der Waals surface area contributed by atoms with E-state index >= 15 is 0 Å². The molecule has 3 atom stereocenters. The number of rotatable bonds is 2. The van der Waals surface area contributed by atoms with Gasteiger partial charge in [-0.3, -0.25) is 24.0 Å². The van der Waals surface area contributed by atoms with Gasteiger partial charge in [-0.1, -0.05) is 12.1 Å². The van der Waals surface area contributed by atoms with Crippen molar-refractivity contribution in [2.24, 2.45) is 7.05 Å². The van der Waals surface area contributed by atoms with E-state index in [0.717, 1.165) is 0 Å². The molecular weight excluding hydrogens is 389 g/mol. The quantitative estimate of drug-likeness (QED) is 0.739. The summed E-state index contributed by atoms with van der Waals surface area (Å²) in [5, 5.41) is 4.77. The molecule has 0 aliphatic carbocycles. The molecule has 2 aromatic rings. The van der Waals surface area contributed by atoms with Gasteiger partial charge in [0.2, 0.25) is 11.8 Å². The number of aromatic nitrogens is 2. The summed E-state index contributed by atoms with van der Waals surface area (Å²) in [4.78, 5) is 36.7. The molecule has 7 nitrogen and oxygen atoms in total. The summed E-state index contributed by atoms with van der Waals surface area (Å²) >= 11 is 0. The molecule has 0 bridgehead atoms. The van der Waals surface area contributed by atoms with Crippen molar-refractivity contribution < 1.29 is 22.8 Å². The van der Waals surface area contributed by atoms with Gasteiger partial charge in [0, 0.05) is 13.5 Å². The normalized spacial score (nSPS) is 26.0. The first kappa shape index (κ1) is 19.7. The molecule has 2 saturated heterocycles. The number of imidazole rings is 1. The van der Waals surface area contributed by atoms with Gasteiger partial charge in [0.05, 0.1) is 11.0 Å². The van der Waals surface area contributed by atoms with E-state index in [2.05, 4.69) is 10.6 Å². The fourth-order valence-corrected chi connectivity index (χ4v) is 4.48. The molecular formula is C19H21F3N4O3. The molecule has 29 heavy (non-hydrogen) atoms. The van der Waals surface area contributed by atoms with Crippen molar-refractivity contribution in [3.05, 3.63) is 34.2 Å². The Hall–Kier alpha value is -2.62. The van der Waals surface area contributed by atoms with Crippen molar-refractivity contribution in [1.29, 1.82) is 0 Å². The predicted molar refractivity (Wildman–Crippen MR) is 98.4 cm³/mol. The first-order valence-electron chi connectivity index (χ1n) is 9.52. The summed E-state index contributed by atoms with van der Waals surface area (Å²) in [6.45, 7) is 0.229. The Labute approximate surface area is 163 Å². The molecule has 1 aromatic heterocycles. The van der Waals surface area contributed by atoms with E-state index in [-0.39, 0.29) is 37.6 Å². The lowest BCUT2D eigenvalue weighted by molar-refractivity contribution is -0.161. The maximum absolute atomic E-state index is 13.2. The number of carbonyl (C=O) groups excluding carboxylic acids is 2. The zero-order valence-electron chi connectivity index (χ0n) is 15.8. The number of halogens is 3. The minimum absolute atomic E-state index is 0.111. The van der Waals surface area contributed by atoms with Crippen LogP contribution in [0.15, 0.2) is 23.0 Å². The van der Waals surface area contributed by atoms with Crippen molar-refractivity contribution >= 4 is 22.8 Å². The molecule has 2 amide bonds. The fourth-order valence-electron chi connectivity index (χ4n) is 4.48. The molecule has 2 fully saturated rings.